The summed E-state index contributed by atoms with van der Waals surface area (Å²) >= 11 is 0. The van der Waals surface area contributed by atoms with Crippen molar-refractivity contribution in [2.75, 3.05) is 11.3 Å². The summed E-state index contributed by atoms with van der Waals surface area (Å²) in [6, 6.07) is 16.4. The smallest absolute Gasteiger partial charge is 0.261 e. The predicted octanol–water partition coefficient (Wildman–Crippen LogP) is 3.14. The van der Waals surface area contributed by atoms with Crippen molar-refractivity contribution in [3.63, 3.8) is 0 Å². The lowest BCUT2D eigenvalue weighted by Gasteiger charge is -2.12. The monoisotopic (exact) mass is 370 g/mol. The fraction of sp³-hybridized carbons (Fsp3) is 0.105. The molecular weight excluding hydrogens is 352 g/mol. The number of carbonyl (C=O) groups is 1. The Balaban J connectivity index is 1.97. The SMILES string of the molecule is CCOc1ccc2cc(S(=O)(=O)Nc3ccccc3C(N)=O)ccc2c1. The Hall–Kier alpha value is -3.06. The van der Waals surface area contributed by atoms with Crippen LogP contribution < -0.4 is 15.2 Å². The average molecular weight is 370 g/mol. The van der Waals surface area contributed by atoms with Crippen LogP contribution in [0.15, 0.2) is 65.6 Å². The Morgan fingerprint density at radius 2 is 1.73 bits per heavy atom. The van der Waals surface area contributed by atoms with E-state index in [1.165, 1.54) is 18.2 Å². The number of ether oxygens (including phenoxy) is 1. The van der Waals surface area contributed by atoms with E-state index >= 15 is 0 Å². The first-order chi connectivity index (χ1) is 12.4. The summed E-state index contributed by atoms with van der Waals surface area (Å²) < 4.78 is 33.3. The van der Waals surface area contributed by atoms with Gasteiger partial charge in [0.15, 0.2) is 0 Å². The number of nitrogens with two attached hydrogens (primary N) is 1. The molecule has 26 heavy (non-hydrogen) atoms. The van der Waals surface area contributed by atoms with Crippen LogP contribution in [0.1, 0.15) is 17.3 Å². The highest BCUT2D eigenvalue weighted by atomic mass is 32.2. The number of anilines is 1. The number of para-hydroxylation sites is 1. The minimum absolute atomic E-state index is 0.0911. The van der Waals surface area contributed by atoms with Crippen LogP contribution in [-0.4, -0.2) is 20.9 Å². The molecular formula is C19H18N2O4S. The van der Waals surface area contributed by atoms with Gasteiger partial charge in [-0.25, -0.2) is 8.42 Å². The van der Waals surface area contributed by atoms with E-state index in [0.29, 0.717) is 6.61 Å². The molecule has 0 unspecified atom stereocenters. The highest BCUT2D eigenvalue weighted by Crippen LogP contribution is 2.25. The van der Waals surface area contributed by atoms with Crippen LogP contribution in [0, 0.1) is 0 Å². The molecule has 0 spiro atoms. The van der Waals surface area contributed by atoms with Crippen molar-refractivity contribution in [1.82, 2.24) is 0 Å². The highest BCUT2D eigenvalue weighted by Gasteiger charge is 2.18. The Bertz CT molecular complexity index is 1080. The molecule has 0 heterocycles. The van der Waals surface area contributed by atoms with E-state index in [1.807, 2.05) is 13.0 Å². The lowest BCUT2D eigenvalue weighted by Crippen LogP contribution is -2.18. The van der Waals surface area contributed by atoms with Gasteiger partial charge in [-0.1, -0.05) is 24.3 Å². The number of sulfonamides is 1. The molecule has 0 aliphatic rings. The van der Waals surface area contributed by atoms with Crippen molar-refractivity contribution in [1.29, 1.82) is 0 Å². The number of amides is 1. The maximum Gasteiger partial charge on any atom is 0.261 e. The van der Waals surface area contributed by atoms with Crippen LogP contribution in [0.2, 0.25) is 0 Å². The number of hydrogen-bond acceptors (Lipinski definition) is 4. The van der Waals surface area contributed by atoms with Gasteiger partial charge < -0.3 is 10.5 Å². The number of hydrogen-bond donors (Lipinski definition) is 2. The van der Waals surface area contributed by atoms with Crippen molar-refractivity contribution in [2.24, 2.45) is 5.73 Å². The van der Waals surface area contributed by atoms with E-state index in [2.05, 4.69) is 4.72 Å². The summed E-state index contributed by atoms with van der Waals surface area (Å²) in [5.74, 6) is 0.0226. The molecule has 0 aliphatic heterocycles. The molecule has 0 aromatic heterocycles. The molecule has 3 N–H and O–H groups in total. The summed E-state index contributed by atoms with van der Waals surface area (Å²) in [7, 11) is -3.87. The topological polar surface area (TPSA) is 98.5 Å². The summed E-state index contributed by atoms with van der Waals surface area (Å²) in [4.78, 5) is 11.6. The molecule has 0 atom stereocenters. The fourth-order valence-electron chi connectivity index (χ4n) is 2.62. The second-order valence-corrected chi connectivity index (χ2v) is 7.30. The fourth-order valence-corrected chi connectivity index (χ4v) is 3.73. The predicted molar refractivity (Wildman–Crippen MR) is 101 cm³/mol. The van der Waals surface area contributed by atoms with Crippen molar-refractivity contribution >= 4 is 32.4 Å². The molecule has 1 amide bonds. The second kappa shape index (κ2) is 7.05. The largest absolute Gasteiger partial charge is 0.494 e. The summed E-state index contributed by atoms with van der Waals surface area (Å²) in [6.07, 6.45) is 0. The van der Waals surface area contributed by atoms with Crippen molar-refractivity contribution in [3.05, 3.63) is 66.2 Å². The van der Waals surface area contributed by atoms with Gasteiger partial charge in [-0.3, -0.25) is 9.52 Å². The Kier molecular flexibility index (Phi) is 4.81. The zero-order valence-electron chi connectivity index (χ0n) is 14.1. The van der Waals surface area contributed by atoms with E-state index in [1.54, 1.807) is 36.4 Å². The van der Waals surface area contributed by atoms with Gasteiger partial charge in [0.2, 0.25) is 0 Å². The molecule has 3 aromatic rings. The van der Waals surface area contributed by atoms with E-state index in [4.69, 9.17) is 10.5 Å². The van der Waals surface area contributed by atoms with Gasteiger partial charge in [0, 0.05) is 0 Å². The van der Waals surface area contributed by atoms with Crippen LogP contribution >= 0.6 is 0 Å². The van der Waals surface area contributed by atoms with E-state index in [9.17, 15) is 13.2 Å². The molecule has 0 aliphatic carbocycles. The lowest BCUT2D eigenvalue weighted by atomic mass is 10.1. The summed E-state index contributed by atoms with van der Waals surface area (Å²) in [6.45, 7) is 2.45. The first kappa shape index (κ1) is 17.8. The van der Waals surface area contributed by atoms with E-state index < -0.39 is 15.9 Å². The standard InChI is InChI=1S/C19H18N2O4S/c1-2-25-15-9-7-14-12-16(10-8-13(14)11-15)26(23,24)21-18-6-4-3-5-17(18)19(20)22/h3-12,21H,2H2,1H3,(H2,20,22). The zero-order valence-corrected chi connectivity index (χ0v) is 14.9. The van der Waals surface area contributed by atoms with E-state index in [0.717, 1.165) is 16.5 Å². The number of nitrogens with one attached hydrogen (secondary N) is 1. The van der Waals surface area contributed by atoms with Crippen LogP contribution in [0.5, 0.6) is 5.75 Å². The van der Waals surface area contributed by atoms with Crippen LogP contribution in [0.3, 0.4) is 0 Å². The Labute approximate surface area is 151 Å². The minimum Gasteiger partial charge on any atom is -0.494 e. The molecule has 134 valence electrons. The minimum atomic E-state index is -3.87. The van der Waals surface area contributed by atoms with Crippen molar-refractivity contribution < 1.29 is 17.9 Å². The molecule has 6 nitrogen and oxygen atoms in total. The normalized spacial score (nSPS) is 11.3. The highest BCUT2D eigenvalue weighted by molar-refractivity contribution is 7.92. The first-order valence-electron chi connectivity index (χ1n) is 7.99. The van der Waals surface area contributed by atoms with E-state index in [-0.39, 0.29) is 16.1 Å². The molecule has 0 saturated heterocycles. The molecule has 3 rings (SSSR count). The Morgan fingerprint density at radius 1 is 1.04 bits per heavy atom. The number of primary amides is 1. The Morgan fingerprint density at radius 3 is 2.46 bits per heavy atom. The maximum atomic E-state index is 12.7. The van der Waals surface area contributed by atoms with Gasteiger partial charge in [-0.05, 0) is 54.1 Å². The molecule has 3 aromatic carbocycles. The van der Waals surface area contributed by atoms with Gasteiger partial charge in [-0.15, -0.1) is 0 Å². The molecule has 0 saturated carbocycles. The molecule has 7 heteroatoms. The summed E-state index contributed by atoms with van der Waals surface area (Å²) in [5.41, 5.74) is 5.55. The van der Waals surface area contributed by atoms with Gasteiger partial charge in [0.1, 0.15) is 5.75 Å². The first-order valence-corrected chi connectivity index (χ1v) is 9.47. The average Bonchev–Trinajstić information content (AvgIpc) is 2.61. The van der Waals surface area contributed by atoms with Crippen LogP contribution in [-0.2, 0) is 10.0 Å². The number of fused-ring (bicyclic) bond motifs is 1. The molecule has 0 radical (unpaired) electrons. The molecule has 0 fully saturated rings. The third-order valence-electron chi connectivity index (χ3n) is 3.84. The number of carbonyl (C=O) groups excluding carboxylic acids is 1. The van der Waals surface area contributed by atoms with Gasteiger partial charge in [0.25, 0.3) is 15.9 Å². The summed E-state index contributed by atoms with van der Waals surface area (Å²) in [5, 5.41) is 1.63. The quantitative estimate of drug-likeness (QED) is 0.696. The zero-order chi connectivity index (χ0) is 18.7. The number of benzene rings is 3. The van der Waals surface area contributed by atoms with Gasteiger partial charge >= 0.3 is 0 Å². The second-order valence-electron chi connectivity index (χ2n) is 5.62. The third kappa shape index (κ3) is 3.62. The maximum absolute atomic E-state index is 12.7. The number of rotatable bonds is 6. The molecule has 0 bridgehead atoms. The van der Waals surface area contributed by atoms with Gasteiger partial charge in [-0.2, -0.15) is 0 Å². The van der Waals surface area contributed by atoms with Crippen LogP contribution in [0.4, 0.5) is 5.69 Å². The van der Waals surface area contributed by atoms with Crippen molar-refractivity contribution in [3.8, 4) is 5.75 Å². The van der Waals surface area contributed by atoms with Gasteiger partial charge in [0.05, 0.1) is 22.8 Å². The lowest BCUT2D eigenvalue weighted by molar-refractivity contribution is 0.100. The van der Waals surface area contributed by atoms with Crippen LogP contribution in [0.25, 0.3) is 10.8 Å². The van der Waals surface area contributed by atoms with Crippen molar-refractivity contribution in [2.45, 2.75) is 11.8 Å². The third-order valence-corrected chi connectivity index (χ3v) is 5.20.